The second kappa shape index (κ2) is 8.85. The van der Waals surface area contributed by atoms with E-state index in [1.165, 1.54) is 0 Å². The molecule has 0 aromatic rings. The summed E-state index contributed by atoms with van der Waals surface area (Å²) in [5.74, 6) is 0. The number of hydrogen-bond donors (Lipinski definition) is 1. The van der Waals surface area contributed by atoms with Crippen LogP contribution in [0.4, 0.5) is 0 Å². The molecule has 0 aromatic heterocycles. The topological polar surface area (TPSA) is 29.5 Å². The van der Waals surface area contributed by atoms with E-state index in [4.69, 9.17) is 5.26 Å². The van der Waals surface area contributed by atoms with Gasteiger partial charge in [0.15, 0.2) is 0 Å². The Morgan fingerprint density at radius 1 is 1.80 bits per heavy atom. The normalized spacial score (nSPS) is 6.00. The van der Waals surface area contributed by atoms with Crippen LogP contribution in [0, 0.1) is 0 Å². The molecule has 0 heterocycles. The molecule has 2 nitrogen and oxygen atoms in total. The summed E-state index contributed by atoms with van der Waals surface area (Å²) in [6.07, 6.45) is 1.62. The summed E-state index contributed by atoms with van der Waals surface area (Å²) in [6, 6.07) is 0. The van der Waals surface area contributed by atoms with Gasteiger partial charge in [0.05, 0.1) is 0 Å². The maximum Gasteiger partial charge on any atom is 0.0277 e. The van der Waals surface area contributed by atoms with Crippen molar-refractivity contribution < 1.29 is 28.1 Å². The molecule has 0 rings (SSSR count). The molecule has 1 radical (unpaired) electrons. The molecule has 0 aromatic carbocycles. The van der Waals surface area contributed by atoms with Crippen LogP contribution in [0.5, 0.6) is 0 Å². The Labute approximate surface area is 46.9 Å². The molecule has 0 saturated carbocycles. The van der Waals surface area contributed by atoms with Crippen molar-refractivity contribution in [2.45, 2.75) is 0 Å². The maximum absolute atomic E-state index is 7.34. The van der Waals surface area contributed by atoms with Gasteiger partial charge >= 0.3 is 0 Å². The monoisotopic (exact) mass is 131 g/mol. The van der Waals surface area contributed by atoms with Crippen LogP contribution in [-0.2, 0) is 22.9 Å². The van der Waals surface area contributed by atoms with Crippen LogP contribution < -0.4 is 0 Å². The van der Waals surface area contributed by atoms with E-state index in [0.29, 0.717) is 0 Å². The fourth-order valence-corrected chi connectivity index (χ4v) is 0. The third-order valence-corrected chi connectivity index (χ3v) is 0.224. The van der Waals surface area contributed by atoms with Crippen LogP contribution in [0.1, 0.15) is 0 Å². The molecule has 0 atom stereocenters. The maximum atomic E-state index is 7.34. The van der Waals surface area contributed by atoms with Gasteiger partial charge in [-0.3, -0.25) is 0 Å². The first kappa shape index (κ1) is 9.29. The van der Waals surface area contributed by atoms with Crippen LogP contribution in [0.3, 0.4) is 0 Å². The predicted octanol–water partition coefficient (Wildman–Crippen LogP) is 0.751. The Kier molecular flexibility index (Phi) is 16.4. The van der Waals surface area contributed by atoms with Gasteiger partial charge in [-0.15, -0.1) is 0 Å². The van der Waals surface area contributed by atoms with Crippen molar-refractivity contribution in [1.82, 2.24) is 0 Å². The smallest absolute Gasteiger partial charge is 0.0277 e. The summed E-state index contributed by atoms with van der Waals surface area (Å²) in [4.78, 5) is 0. The summed E-state index contributed by atoms with van der Waals surface area (Å²) < 4.78 is 3.46. The van der Waals surface area contributed by atoms with Crippen molar-refractivity contribution in [2.75, 3.05) is 6.26 Å². The van der Waals surface area contributed by atoms with Gasteiger partial charge in [0, 0.05) is 36.9 Å². The summed E-state index contributed by atoms with van der Waals surface area (Å²) in [5, 5.41) is 7.34. The Hall–Kier alpha value is 0.854. The van der Waals surface area contributed by atoms with Crippen molar-refractivity contribution in [3.8, 4) is 0 Å². The van der Waals surface area contributed by atoms with Gasteiger partial charge in [-0.2, -0.15) is 4.33 Å². The molecule has 31 valence electrons. The zero-order valence-corrected chi connectivity index (χ0v) is 4.92. The molecule has 0 aliphatic heterocycles. The summed E-state index contributed by atoms with van der Waals surface area (Å²) in [6.45, 7) is 0. The van der Waals surface area contributed by atoms with E-state index >= 15 is 0 Å². The summed E-state index contributed by atoms with van der Waals surface area (Å²) in [5.41, 5.74) is 0. The van der Waals surface area contributed by atoms with Crippen LogP contribution >= 0.6 is 12.0 Å². The molecule has 0 aliphatic carbocycles. The summed E-state index contributed by atoms with van der Waals surface area (Å²) in [7, 11) is 0. The van der Waals surface area contributed by atoms with Crippen LogP contribution in [0.2, 0.25) is 0 Å². The fraction of sp³-hybridized carbons (Fsp3) is 1.00. The van der Waals surface area contributed by atoms with Crippen molar-refractivity contribution >= 4 is 12.0 Å². The quantitative estimate of drug-likeness (QED) is 0.323. The average Bonchev–Trinajstić information content (AvgIpc) is 1.37. The minimum absolute atomic E-state index is 0. The first-order valence-electron chi connectivity index (χ1n) is 0.757. The molecular formula is CH4O2SV. The zero-order chi connectivity index (χ0) is 3.41. The Morgan fingerprint density at radius 3 is 2.00 bits per heavy atom. The SMILES string of the molecule is CSOO.[V]. The molecule has 5 heavy (non-hydrogen) atoms. The third-order valence-electron chi connectivity index (χ3n) is 0.0745. The van der Waals surface area contributed by atoms with Crippen molar-refractivity contribution in [3.63, 3.8) is 0 Å². The van der Waals surface area contributed by atoms with Gasteiger partial charge in [0.1, 0.15) is 0 Å². The molecular weight excluding hydrogens is 127 g/mol. The first-order chi connectivity index (χ1) is 1.91. The fourth-order valence-electron chi connectivity index (χ4n) is 0. The van der Waals surface area contributed by atoms with E-state index < -0.39 is 0 Å². The van der Waals surface area contributed by atoms with E-state index in [-0.39, 0.29) is 18.6 Å². The molecule has 0 spiro atoms. The van der Waals surface area contributed by atoms with Gasteiger partial charge < -0.3 is 0 Å². The van der Waals surface area contributed by atoms with Crippen molar-refractivity contribution in [2.24, 2.45) is 0 Å². The molecule has 0 saturated heterocycles. The van der Waals surface area contributed by atoms with Gasteiger partial charge in [-0.1, -0.05) is 0 Å². The largest absolute Gasteiger partial charge is 0.239 e. The predicted molar refractivity (Wildman–Crippen MR) is 17.2 cm³/mol. The number of hydrogen-bond acceptors (Lipinski definition) is 3. The van der Waals surface area contributed by atoms with Crippen LogP contribution in [0.15, 0.2) is 0 Å². The summed E-state index contributed by atoms with van der Waals surface area (Å²) >= 11 is 0.912. The zero-order valence-electron chi connectivity index (χ0n) is 2.71. The second-order valence-electron chi connectivity index (χ2n) is 0.241. The standard InChI is InChI=1S/CH4O2S.V/c1-4-3-2;/h2H,1H3;. The third kappa shape index (κ3) is 11.5. The Balaban J connectivity index is 0. The molecule has 0 amide bonds. The van der Waals surface area contributed by atoms with Gasteiger partial charge in [0.2, 0.25) is 0 Å². The van der Waals surface area contributed by atoms with Crippen molar-refractivity contribution in [3.05, 3.63) is 0 Å². The van der Waals surface area contributed by atoms with Gasteiger partial charge in [-0.25, -0.2) is 5.26 Å². The van der Waals surface area contributed by atoms with Gasteiger partial charge in [0.25, 0.3) is 0 Å². The Bertz CT molecular complexity index is 11.6. The first-order valence-corrected chi connectivity index (χ1v) is 1.91. The van der Waals surface area contributed by atoms with E-state index in [1.807, 2.05) is 0 Å². The minimum atomic E-state index is 0. The van der Waals surface area contributed by atoms with E-state index in [1.54, 1.807) is 6.26 Å². The average molecular weight is 131 g/mol. The second-order valence-corrected chi connectivity index (χ2v) is 0.724. The van der Waals surface area contributed by atoms with Crippen molar-refractivity contribution in [1.29, 1.82) is 0 Å². The molecule has 4 heteroatoms. The van der Waals surface area contributed by atoms with E-state index in [2.05, 4.69) is 4.33 Å². The van der Waals surface area contributed by atoms with Crippen LogP contribution in [0.25, 0.3) is 0 Å². The minimum Gasteiger partial charge on any atom is -0.239 e. The number of rotatable bonds is 1. The molecule has 1 N–H and O–H groups in total. The molecule has 0 fully saturated rings. The van der Waals surface area contributed by atoms with E-state index in [0.717, 1.165) is 12.0 Å². The van der Waals surface area contributed by atoms with Gasteiger partial charge in [-0.05, 0) is 0 Å². The Morgan fingerprint density at radius 2 is 2.00 bits per heavy atom. The molecule has 0 bridgehead atoms. The van der Waals surface area contributed by atoms with E-state index in [9.17, 15) is 0 Å². The molecule has 0 aliphatic rings. The molecule has 0 unspecified atom stereocenters. The van der Waals surface area contributed by atoms with Crippen LogP contribution in [-0.4, -0.2) is 11.5 Å².